The van der Waals surface area contributed by atoms with Gasteiger partial charge in [-0.2, -0.15) is 0 Å². The smallest absolute Gasteiger partial charge is 0.248 e. The van der Waals surface area contributed by atoms with Crippen LogP contribution < -0.4 is 14.8 Å². The van der Waals surface area contributed by atoms with Crippen molar-refractivity contribution in [2.75, 3.05) is 14.2 Å². The van der Waals surface area contributed by atoms with E-state index in [-0.39, 0.29) is 33.0 Å². The zero-order chi connectivity index (χ0) is 21.0. The number of carbonyl (C=O) groups excluding carboxylic acids is 2. The maximum absolute atomic E-state index is 14.2. The van der Waals surface area contributed by atoms with Crippen LogP contribution in [0.4, 0.5) is 0 Å². The molecule has 0 aliphatic rings. The molecule has 0 aromatic heterocycles. The summed E-state index contributed by atoms with van der Waals surface area (Å²) in [6.07, 6.45) is 0. The van der Waals surface area contributed by atoms with Crippen molar-refractivity contribution in [3.8, 4) is 11.5 Å². The fourth-order valence-electron chi connectivity index (χ4n) is 3.00. The monoisotopic (exact) mass is 428 g/mol. The van der Waals surface area contributed by atoms with Gasteiger partial charge in [-0.15, -0.1) is 0 Å². The molecule has 0 radical (unpaired) electrons. The van der Waals surface area contributed by atoms with Crippen molar-refractivity contribution in [1.29, 1.82) is 0 Å². The van der Waals surface area contributed by atoms with E-state index in [2.05, 4.69) is 0 Å². The van der Waals surface area contributed by atoms with E-state index in [1.807, 2.05) is 0 Å². The van der Waals surface area contributed by atoms with Crippen LogP contribution in [0.3, 0.4) is 0 Å². The van der Waals surface area contributed by atoms with Gasteiger partial charge in [0.25, 0.3) is 0 Å². The lowest BCUT2D eigenvalue weighted by molar-refractivity contribution is 0.103. The summed E-state index contributed by atoms with van der Waals surface area (Å²) >= 11 is 6.19. The summed E-state index contributed by atoms with van der Waals surface area (Å²) in [4.78, 5) is 27.1. The van der Waals surface area contributed by atoms with Gasteiger partial charge in [0, 0.05) is 10.9 Å². The summed E-state index contributed by atoms with van der Waals surface area (Å²) in [7, 11) is -1.59. The van der Waals surface area contributed by atoms with Crippen molar-refractivity contribution in [2.45, 2.75) is 0 Å². The maximum Gasteiger partial charge on any atom is 0.248 e. The fraction of sp³-hybridized carbons (Fsp3) is 0.0909. The highest BCUT2D eigenvalue weighted by Gasteiger charge is 2.45. The van der Waals surface area contributed by atoms with E-state index < -0.39 is 18.2 Å². The van der Waals surface area contributed by atoms with Crippen molar-refractivity contribution in [2.24, 2.45) is 0 Å². The van der Waals surface area contributed by atoms with Crippen LogP contribution in [0.15, 0.2) is 72.8 Å². The molecule has 0 saturated carbocycles. The lowest BCUT2D eigenvalue weighted by Gasteiger charge is -2.20. The molecule has 0 fully saturated rings. The van der Waals surface area contributed by atoms with Crippen LogP contribution >= 0.6 is 18.7 Å². The molecule has 0 aliphatic carbocycles. The average molecular weight is 429 g/mol. The summed E-state index contributed by atoms with van der Waals surface area (Å²) < 4.78 is 24.8. The molecule has 0 aliphatic heterocycles. The van der Waals surface area contributed by atoms with Crippen molar-refractivity contribution in [3.63, 3.8) is 0 Å². The van der Waals surface area contributed by atoms with Crippen molar-refractivity contribution < 1.29 is 23.6 Å². The topological polar surface area (TPSA) is 69.7 Å². The summed E-state index contributed by atoms with van der Waals surface area (Å²) in [6, 6.07) is 19.0. The Labute approximate surface area is 173 Å². The Hall–Kier alpha value is -2.88. The number of hydrogen-bond acceptors (Lipinski definition) is 5. The molecule has 3 aromatic carbocycles. The van der Waals surface area contributed by atoms with E-state index in [1.165, 1.54) is 50.6 Å². The maximum atomic E-state index is 14.2. The van der Waals surface area contributed by atoms with Gasteiger partial charge in [-0.3, -0.25) is 9.59 Å². The molecule has 5 nitrogen and oxygen atoms in total. The Morgan fingerprint density at radius 1 is 0.793 bits per heavy atom. The summed E-state index contributed by atoms with van der Waals surface area (Å²) in [5.74, 6) is 0.126. The van der Waals surface area contributed by atoms with Crippen molar-refractivity contribution in [1.82, 2.24) is 0 Å². The molecule has 3 aromatic rings. The molecular weight excluding hydrogens is 411 g/mol. The Morgan fingerprint density at radius 2 is 1.38 bits per heavy atom. The lowest BCUT2D eigenvalue weighted by Crippen LogP contribution is -2.21. The third-order valence-electron chi connectivity index (χ3n) is 4.42. The Balaban J connectivity index is 2.30. The highest BCUT2D eigenvalue weighted by molar-refractivity contribution is 8.01. The van der Waals surface area contributed by atoms with Crippen LogP contribution in [0.1, 0.15) is 20.7 Å². The first-order chi connectivity index (χ1) is 13.9. The highest BCUT2D eigenvalue weighted by Crippen LogP contribution is 2.54. The predicted molar refractivity (Wildman–Crippen MR) is 113 cm³/mol. The molecule has 1 atom stereocenters. The van der Waals surface area contributed by atoms with Gasteiger partial charge in [-0.1, -0.05) is 72.3 Å². The molecule has 0 heterocycles. The SMILES string of the molecule is COc1ccc(Cl)c(OC)c1C(=O)P(=O)(C(=O)c1ccccc1)c1ccccc1. The molecule has 0 spiro atoms. The van der Waals surface area contributed by atoms with Crippen LogP contribution in [0.5, 0.6) is 11.5 Å². The van der Waals surface area contributed by atoms with Crippen molar-refractivity contribution in [3.05, 3.63) is 88.9 Å². The summed E-state index contributed by atoms with van der Waals surface area (Å²) in [5.41, 5.74) is -1.61. The molecule has 1 unspecified atom stereocenters. The van der Waals surface area contributed by atoms with E-state index in [9.17, 15) is 14.2 Å². The van der Waals surface area contributed by atoms with Gasteiger partial charge in [0.05, 0.1) is 19.2 Å². The normalized spacial score (nSPS) is 12.7. The summed E-state index contributed by atoms with van der Waals surface area (Å²) in [6.45, 7) is 0. The van der Waals surface area contributed by atoms with E-state index in [4.69, 9.17) is 21.1 Å². The Bertz CT molecular complexity index is 1100. The number of carbonyl (C=O) groups is 2. The second-order valence-corrected chi connectivity index (χ2v) is 9.03. The second-order valence-electron chi connectivity index (χ2n) is 6.08. The number of hydrogen-bond donors (Lipinski definition) is 0. The number of methoxy groups -OCH3 is 2. The third kappa shape index (κ3) is 3.71. The van der Waals surface area contributed by atoms with Gasteiger partial charge in [0.15, 0.2) is 5.75 Å². The molecule has 148 valence electrons. The molecule has 7 heteroatoms. The first-order valence-electron chi connectivity index (χ1n) is 8.66. The molecule has 0 N–H and O–H groups in total. The summed E-state index contributed by atoms with van der Waals surface area (Å²) in [5, 5.41) is 0.270. The predicted octanol–water partition coefficient (Wildman–Crippen LogP) is 5.03. The number of halogens is 1. The molecule has 3 rings (SSSR count). The average Bonchev–Trinajstić information content (AvgIpc) is 2.78. The second kappa shape index (κ2) is 8.64. The Morgan fingerprint density at radius 3 is 1.93 bits per heavy atom. The van der Waals surface area contributed by atoms with Crippen molar-refractivity contribution >= 4 is 35.1 Å². The van der Waals surface area contributed by atoms with Gasteiger partial charge in [0.2, 0.25) is 18.2 Å². The largest absolute Gasteiger partial charge is 0.496 e. The quantitative estimate of drug-likeness (QED) is 0.494. The fourth-order valence-corrected chi connectivity index (χ4v) is 5.52. The number of benzene rings is 3. The first kappa shape index (κ1) is 20.8. The zero-order valence-corrected chi connectivity index (χ0v) is 17.4. The highest BCUT2D eigenvalue weighted by atomic mass is 35.5. The first-order valence-corrected chi connectivity index (χ1v) is 10.7. The van der Waals surface area contributed by atoms with Crippen LogP contribution in [0.2, 0.25) is 5.02 Å². The minimum absolute atomic E-state index is 0.00744. The van der Waals surface area contributed by atoms with Gasteiger partial charge < -0.3 is 14.0 Å². The van der Waals surface area contributed by atoms with E-state index in [0.29, 0.717) is 0 Å². The molecule has 0 saturated heterocycles. The molecule has 0 amide bonds. The number of ether oxygens (including phenoxy) is 2. The standard InChI is InChI=1S/C22H18ClO5P/c1-27-18-14-13-17(23)20(28-2)19(18)22(25)29(26,16-11-7-4-8-12-16)21(24)15-9-5-3-6-10-15/h3-14H,1-2H3. The van der Waals surface area contributed by atoms with E-state index >= 15 is 0 Å². The third-order valence-corrected chi connectivity index (χ3v) is 7.37. The van der Waals surface area contributed by atoms with Crippen LogP contribution in [0.25, 0.3) is 0 Å². The lowest BCUT2D eigenvalue weighted by atomic mass is 10.2. The van der Waals surface area contributed by atoms with Gasteiger partial charge in [-0.25, -0.2) is 0 Å². The minimum Gasteiger partial charge on any atom is -0.496 e. The van der Waals surface area contributed by atoms with Crippen LogP contribution in [-0.2, 0) is 4.57 Å². The number of rotatable bonds is 7. The van der Waals surface area contributed by atoms with Crippen LogP contribution in [-0.4, -0.2) is 25.3 Å². The molecular formula is C22H18ClO5P. The zero-order valence-electron chi connectivity index (χ0n) is 15.8. The molecule has 29 heavy (non-hydrogen) atoms. The Kier molecular flexibility index (Phi) is 6.21. The van der Waals surface area contributed by atoms with E-state index in [1.54, 1.807) is 36.4 Å². The van der Waals surface area contributed by atoms with Gasteiger partial charge in [-0.05, 0) is 12.1 Å². The van der Waals surface area contributed by atoms with E-state index in [0.717, 1.165) is 0 Å². The van der Waals surface area contributed by atoms with Gasteiger partial charge >= 0.3 is 0 Å². The molecule has 0 bridgehead atoms. The minimum atomic E-state index is -4.29. The van der Waals surface area contributed by atoms with Crippen LogP contribution in [0, 0.1) is 0 Å². The van der Waals surface area contributed by atoms with Gasteiger partial charge in [0.1, 0.15) is 11.3 Å².